The Morgan fingerprint density at radius 3 is 2.13 bits per heavy atom. The van der Waals surface area contributed by atoms with Crippen LogP contribution in [0, 0.1) is 30.6 Å². The molecule has 352 valence electrons. The fourth-order valence-electron chi connectivity index (χ4n) is 6.65. The number of terminal acetylenes is 1. The molecule has 0 unspecified atom stereocenters. The third-order valence-electron chi connectivity index (χ3n) is 10.0. The summed E-state index contributed by atoms with van der Waals surface area (Å²) in [6, 6.07) is 4.82. The number of nitrogens with two attached hydrogens (primary N) is 1. The Hall–Kier alpha value is -5.37. The number of amides is 5. The van der Waals surface area contributed by atoms with Crippen LogP contribution in [0.3, 0.4) is 0 Å². The van der Waals surface area contributed by atoms with Gasteiger partial charge in [-0.2, -0.15) is 0 Å². The largest absolute Gasteiger partial charge is 0.444 e. The van der Waals surface area contributed by atoms with Crippen LogP contribution in [-0.2, 0) is 29.1 Å². The van der Waals surface area contributed by atoms with Crippen molar-refractivity contribution in [3.05, 3.63) is 59.6 Å². The number of rotatable bonds is 15. The van der Waals surface area contributed by atoms with Gasteiger partial charge in [0, 0.05) is 25.0 Å². The van der Waals surface area contributed by atoms with Crippen LogP contribution in [0.4, 0.5) is 4.79 Å². The van der Waals surface area contributed by atoms with Gasteiger partial charge in [0.1, 0.15) is 18.2 Å². The number of H-pyrrole nitrogens is 1. The van der Waals surface area contributed by atoms with Crippen LogP contribution in [0.2, 0.25) is 0 Å². The van der Waals surface area contributed by atoms with Crippen LogP contribution in [0.5, 0.6) is 0 Å². The Kier molecular flexibility index (Phi) is 22.7. The lowest BCUT2D eigenvalue weighted by Crippen LogP contribution is -2.48. The van der Waals surface area contributed by atoms with E-state index >= 15 is 0 Å². The lowest BCUT2D eigenvalue weighted by Gasteiger charge is -2.23. The first-order valence-corrected chi connectivity index (χ1v) is 23.1. The SMILES string of the molecule is C#C.C=CCCC1(S(=O)(=O)NC(=O)[C@H]2C[C@H]2CC)CC1.C=CCCNC(=O)c1cccc2c1[nH]c(=O)n2C(C)C.CC(C)(C)OC(=O)NCC(=O)N1CCC[C@H]1C(N)=O.CC(C)C. The van der Waals surface area contributed by atoms with Crippen LogP contribution >= 0.6 is 0 Å². The first kappa shape index (κ1) is 55.6. The predicted octanol–water partition coefficient (Wildman–Crippen LogP) is 6.09. The molecule has 5 amide bonds. The number of likely N-dealkylation sites (tertiary alicyclic amines) is 1. The van der Waals surface area contributed by atoms with Gasteiger partial charge in [-0.05, 0) is 110 Å². The maximum absolute atomic E-state index is 12.2. The number of nitrogens with one attached hydrogen (secondary N) is 4. The number of carbonyl (C=O) groups excluding carboxylic acids is 5. The van der Waals surface area contributed by atoms with Gasteiger partial charge in [0.15, 0.2) is 0 Å². The molecule has 17 heteroatoms. The molecule has 3 atom stereocenters. The first-order chi connectivity index (χ1) is 29.4. The lowest BCUT2D eigenvalue weighted by molar-refractivity contribution is -0.136. The molecule has 0 radical (unpaired) electrons. The Morgan fingerprint density at radius 1 is 1.03 bits per heavy atom. The van der Waals surface area contributed by atoms with E-state index in [9.17, 15) is 37.2 Å². The molecule has 6 N–H and O–H groups in total. The standard InChI is InChI=1S/C15H19N3O2.C13H21NO3S.C12H21N3O4.C4H10.C2H2/c1-4-5-9-16-14(19)11-7-6-8-12-13(11)17-15(20)18(12)10(2)3;1-3-5-6-13(7-8-13)18(16,17)14-12(15)11-9-10(11)4-2;1-12(2,3)19-11(18)14-7-9(16)15-6-4-5-8(15)10(13)17;1-4(2)3;1-2/h4,6-8,10H,1,5,9H2,2-3H3,(H,16,19)(H,17,20);3,10-11H,1,4-9H2,2H3,(H,14,15);8H,4-7H2,1-3H3,(H2,13,17)(H,14,18);4H,1-3H3;1-2H/t;10-,11+;8-;;/m.10../s1. The van der Waals surface area contributed by atoms with E-state index in [0.29, 0.717) is 68.6 Å². The molecule has 2 saturated carbocycles. The summed E-state index contributed by atoms with van der Waals surface area (Å²) in [5.41, 5.74) is 6.24. The summed E-state index contributed by atoms with van der Waals surface area (Å²) in [5.74, 6) is -0.194. The van der Waals surface area contributed by atoms with Crippen LogP contribution in [0.15, 0.2) is 48.3 Å². The first-order valence-electron chi connectivity index (χ1n) is 21.6. The molecular weight excluding hydrogens is 827 g/mol. The van der Waals surface area contributed by atoms with Crippen molar-refractivity contribution in [2.45, 2.75) is 143 Å². The van der Waals surface area contributed by atoms with Crippen molar-refractivity contribution in [1.29, 1.82) is 0 Å². The summed E-state index contributed by atoms with van der Waals surface area (Å²) in [6.07, 6.45) is 17.2. The number of para-hydroxylation sites is 1. The zero-order valence-corrected chi connectivity index (χ0v) is 39.7. The van der Waals surface area contributed by atoms with Crippen molar-refractivity contribution in [3.8, 4) is 12.8 Å². The molecule has 63 heavy (non-hydrogen) atoms. The summed E-state index contributed by atoms with van der Waals surface area (Å²) in [7, 11) is -3.50. The minimum absolute atomic E-state index is 0.0373. The second-order valence-electron chi connectivity index (χ2n) is 17.7. The molecule has 1 aliphatic heterocycles. The highest BCUT2D eigenvalue weighted by molar-refractivity contribution is 7.91. The van der Waals surface area contributed by atoms with Gasteiger partial charge < -0.3 is 31.0 Å². The highest BCUT2D eigenvalue weighted by Crippen LogP contribution is 2.48. The highest BCUT2D eigenvalue weighted by atomic mass is 32.2. The quantitative estimate of drug-likeness (QED) is 0.0790. The van der Waals surface area contributed by atoms with Crippen molar-refractivity contribution < 1.29 is 37.1 Å². The van der Waals surface area contributed by atoms with Crippen molar-refractivity contribution in [2.24, 2.45) is 23.5 Å². The minimum atomic E-state index is -3.50. The lowest BCUT2D eigenvalue weighted by atomic mass is 10.1. The smallest absolute Gasteiger partial charge is 0.408 e. The Bertz CT molecular complexity index is 2050. The van der Waals surface area contributed by atoms with E-state index in [1.54, 1.807) is 49.6 Å². The summed E-state index contributed by atoms with van der Waals surface area (Å²) in [4.78, 5) is 74.6. The van der Waals surface area contributed by atoms with Crippen LogP contribution in [-0.4, -0.2) is 88.6 Å². The number of aromatic nitrogens is 2. The Morgan fingerprint density at radius 2 is 1.63 bits per heavy atom. The molecule has 5 rings (SSSR count). The zero-order valence-electron chi connectivity index (χ0n) is 38.9. The minimum Gasteiger partial charge on any atom is -0.444 e. The maximum atomic E-state index is 12.2. The van der Waals surface area contributed by atoms with Gasteiger partial charge >= 0.3 is 11.8 Å². The van der Waals surface area contributed by atoms with E-state index in [0.717, 1.165) is 30.7 Å². The third kappa shape index (κ3) is 17.7. The summed E-state index contributed by atoms with van der Waals surface area (Å²) < 4.78 is 32.6. The summed E-state index contributed by atoms with van der Waals surface area (Å²) in [5, 5.41) is 5.18. The van der Waals surface area contributed by atoms with E-state index in [1.807, 2.05) is 26.8 Å². The fourth-order valence-corrected chi connectivity index (χ4v) is 8.31. The number of allylic oxidation sites excluding steroid dienone is 1. The zero-order chi connectivity index (χ0) is 48.3. The monoisotopic (exact) mass is 900 g/mol. The number of hydrogen-bond donors (Lipinski definition) is 5. The summed E-state index contributed by atoms with van der Waals surface area (Å²) >= 11 is 0. The molecule has 3 aliphatic rings. The second-order valence-corrected chi connectivity index (χ2v) is 19.7. The number of ether oxygens (including phenoxy) is 1. The highest BCUT2D eigenvalue weighted by Gasteiger charge is 2.55. The van der Waals surface area contributed by atoms with Gasteiger partial charge in [0.05, 0.1) is 21.3 Å². The van der Waals surface area contributed by atoms with Gasteiger partial charge in [-0.25, -0.2) is 18.0 Å². The Labute approximate surface area is 374 Å². The van der Waals surface area contributed by atoms with Gasteiger partial charge in [0.25, 0.3) is 5.91 Å². The molecule has 2 aliphatic carbocycles. The van der Waals surface area contributed by atoms with Crippen molar-refractivity contribution in [1.82, 2.24) is 29.8 Å². The van der Waals surface area contributed by atoms with Crippen molar-refractivity contribution in [3.63, 3.8) is 0 Å². The number of imidazole rings is 1. The molecule has 1 aromatic heterocycles. The molecular formula is C46H73N7O9S. The molecule has 2 heterocycles. The van der Waals surface area contributed by atoms with E-state index < -0.39 is 38.4 Å². The number of aromatic amines is 1. The van der Waals surface area contributed by atoms with E-state index in [4.69, 9.17) is 10.5 Å². The number of benzene rings is 1. The number of carbonyl (C=O) groups is 5. The average Bonchev–Trinajstić information content (AvgIpc) is 4.09. The number of fused-ring (bicyclic) bond motifs is 1. The van der Waals surface area contributed by atoms with Crippen LogP contribution < -0.4 is 26.8 Å². The topological polar surface area (TPSA) is 232 Å². The van der Waals surface area contributed by atoms with Crippen LogP contribution in [0.25, 0.3) is 11.0 Å². The number of alkyl carbamates (subject to hydrolysis) is 1. The molecule has 16 nitrogen and oxygen atoms in total. The summed E-state index contributed by atoms with van der Waals surface area (Å²) in [6.45, 7) is 25.7. The maximum Gasteiger partial charge on any atom is 0.408 e. The van der Waals surface area contributed by atoms with E-state index in [-0.39, 0.29) is 41.9 Å². The number of sulfonamides is 1. The predicted molar refractivity (Wildman–Crippen MR) is 249 cm³/mol. The fraction of sp³-hybridized carbons (Fsp3) is 0.609. The third-order valence-corrected chi connectivity index (χ3v) is 12.3. The van der Waals surface area contributed by atoms with Crippen molar-refractivity contribution in [2.75, 3.05) is 19.6 Å². The molecule has 3 fully saturated rings. The van der Waals surface area contributed by atoms with Gasteiger partial charge in [-0.1, -0.05) is 52.3 Å². The molecule has 2 aromatic rings. The van der Waals surface area contributed by atoms with E-state index in [2.05, 4.69) is 67.1 Å². The van der Waals surface area contributed by atoms with E-state index in [1.165, 1.54) is 4.90 Å². The Balaban J connectivity index is 0.000000444. The number of primary amides is 1. The number of hydrogen-bond acceptors (Lipinski definition) is 9. The molecule has 0 spiro atoms. The van der Waals surface area contributed by atoms with Crippen molar-refractivity contribution >= 4 is 50.8 Å². The van der Waals surface area contributed by atoms with Gasteiger partial charge in [-0.15, -0.1) is 26.0 Å². The molecule has 1 saturated heterocycles. The molecule has 1 aromatic carbocycles. The average molecular weight is 900 g/mol. The second kappa shape index (κ2) is 25.7. The van der Waals surface area contributed by atoms with Gasteiger partial charge in [-0.3, -0.25) is 28.5 Å². The molecule has 0 bridgehead atoms. The van der Waals surface area contributed by atoms with Gasteiger partial charge in [0.2, 0.25) is 27.7 Å². The van der Waals surface area contributed by atoms with Crippen LogP contribution in [0.1, 0.15) is 137 Å². The number of nitrogens with zero attached hydrogens (tertiary/aromatic N) is 2. The normalized spacial score (nSPS) is 18.0.